The standard InChI is InChI=1S/C19H16FNO2/c20-17-7-5-14(6-8-17)13-1-3-15(4-2-13)16-9-10-21-18(11-16)19(23)12-22/h1-11,19,22-23H,12H2/t19-/m1/s1. The van der Waals surface area contributed by atoms with E-state index in [-0.39, 0.29) is 12.4 Å². The van der Waals surface area contributed by atoms with Crippen molar-refractivity contribution in [2.24, 2.45) is 0 Å². The van der Waals surface area contributed by atoms with Crippen molar-refractivity contribution in [3.63, 3.8) is 0 Å². The van der Waals surface area contributed by atoms with E-state index in [1.165, 1.54) is 12.1 Å². The number of pyridine rings is 1. The third kappa shape index (κ3) is 3.44. The topological polar surface area (TPSA) is 53.4 Å². The summed E-state index contributed by atoms with van der Waals surface area (Å²) in [6, 6.07) is 17.8. The lowest BCUT2D eigenvalue weighted by Gasteiger charge is -2.09. The minimum atomic E-state index is -0.978. The fourth-order valence-corrected chi connectivity index (χ4v) is 2.40. The Labute approximate surface area is 133 Å². The molecule has 3 aromatic rings. The zero-order chi connectivity index (χ0) is 16.2. The quantitative estimate of drug-likeness (QED) is 0.774. The summed E-state index contributed by atoms with van der Waals surface area (Å²) in [5.41, 5.74) is 4.27. The van der Waals surface area contributed by atoms with Crippen molar-refractivity contribution in [3.05, 3.63) is 78.4 Å². The van der Waals surface area contributed by atoms with Crippen molar-refractivity contribution >= 4 is 0 Å². The van der Waals surface area contributed by atoms with Crippen LogP contribution >= 0.6 is 0 Å². The second-order valence-electron chi connectivity index (χ2n) is 5.25. The monoisotopic (exact) mass is 309 g/mol. The van der Waals surface area contributed by atoms with Crippen LogP contribution < -0.4 is 0 Å². The first kappa shape index (κ1) is 15.3. The van der Waals surface area contributed by atoms with Crippen LogP contribution in [0, 0.1) is 5.82 Å². The number of aromatic nitrogens is 1. The normalized spacial score (nSPS) is 12.1. The van der Waals surface area contributed by atoms with E-state index >= 15 is 0 Å². The van der Waals surface area contributed by atoms with Crippen LogP contribution in [0.2, 0.25) is 0 Å². The molecule has 2 aromatic carbocycles. The van der Waals surface area contributed by atoms with Gasteiger partial charge < -0.3 is 10.2 Å². The van der Waals surface area contributed by atoms with Gasteiger partial charge in [0.1, 0.15) is 11.9 Å². The number of hydrogen-bond donors (Lipinski definition) is 2. The maximum Gasteiger partial charge on any atom is 0.123 e. The Morgan fingerprint density at radius 3 is 1.91 bits per heavy atom. The molecule has 0 amide bonds. The molecule has 0 aliphatic carbocycles. The van der Waals surface area contributed by atoms with Crippen molar-refractivity contribution in [3.8, 4) is 22.3 Å². The molecule has 0 unspecified atom stereocenters. The van der Waals surface area contributed by atoms with Crippen molar-refractivity contribution in [1.82, 2.24) is 4.98 Å². The van der Waals surface area contributed by atoms with Gasteiger partial charge in [-0.2, -0.15) is 0 Å². The summed E-state index contributed by atoms with van der Waals surface area (Å²) in [5, 5.41) is 18.7. The maximum atomic E-state index is 13.0. The lowest BCUT2D eigenvalue weighted by Crippen LogP contribution is -2.04. The van der Waals surface area contributed by atoms with Crippen LogP contribution in [0.15, 0.2) is 66.9 Å². The average Bonchev–Trinajstić information content (AvgIpc) is 2.62. The lowest BCUT2D eigenvalue weighted by molar-refractivity contribution is 0.0923. The summed E-state index contributed by atoms with van der Waals surface area (Å²) in [6.07, 6.45) is 0.630. The lowest BCUT2D eigenvalue weighted by atomic mass is 10.00. The summed E-state index contributed by atoms with van der Waals surface area (Å²) in [5.74, 6) is -0.253. The minimum absolute atomic E-state index is 0.253. The third-order valence-corrected chi connectivity index (χ3v) is 3.69. The highest BCUT2D eigenvalue weighted by molar-refractivity contribution is 5.70. The van der Waals surface area contributed by atoms with E-state index in [9.17, 15) is 9.50 Å². The van der Waals surface area contributed by atoms with Gasteiger partial charge in [-0.1, -0.05) is 36.4 Å². The van der Waals surface area contributed by atoms with Crippen molar-refractivity contribution < 1.29 is 14.6 Å². The van der Waals surface area contributed by atoms with Crippen LogP contribution in [-0.4, -0.2) is 21.8 Å². The molecule has 0 fully saturated rings. The van der Waals surface area contributed by atoms with Crippen molar-refractivity contribution in [1.29, 1.82) is 0 Å². The van der Waals surface area contributed by atoms with E-state index in [0.29, 0.717) is 5.69 Å². The minimum Gasteiger partial charge on any atom is -0.393 e. The van der Waals surface area contributed by atoms with Gasteiger partial charge in [0.15, 0.2) is 0 Å². The molecular formula is C19H16FNO2. The number of aliphatic hydroxyl groups excluding tert-OH is 2. The van der Waals surface area contributed by atoms with Crippen LogP contribution in [0.25, 0.3) is 22.3 Å². The van der Waals surface area contributed by atoms with E-state index in [1.807, 2.05) is 30.3 Å². The van der Waals surface area contributed by atoms with Crippen LogP contribution in [0.5, 0.6) is 0 Å². The van der Waals surface area contributed by atoms with E-state index in [0.717, 1.165) is 22.3 Å². The molecule has 0 radical (unpaired) electrons. The van der Waals surface area contributed by atoms with Gasteiger partial charge in [-0.3, -0.25) is 4.98 Å². The van der Waals surface area contributed by atoms with Gasteiger partial charge in [0.2, 0.25) is 0 Å². The third-order valence-electron chi connectivity index (χ3n) is 3.69. The Morgan fingerprint density at radius 1 is 0.826 bits per heavy atom. The number of benzene rings is 2. The molecule has 23 heavy (non-hydrogen) atoms. The second-order valence-corrected chi connectivity index (χ2v) is 5.25. The molecule has 1 heterocycles. The Morgan fingerprint density at radius 2 is 1.35 bits per heavy atom. The van der Waals surface area contributed by atoms with Crippen LogP contribution in [0.3, 0.4) is 0 Å². The van der Waals surface area contributed by atoms with Crippen LogP contribution in [-0.2, 0) is 0 Å². The highest BCUT2D eigenvalue weighted by atomic mass is 19.1. The highest BCUT2D eigenvalue weighted by Gasteiger charge is 2.09. The smallest absolute Gasteiger partial charge is 0.123 e. The Bertz CT molecular complexity index is 785. The van der Waals surface area contributed by atoms with Gasteiger partial charge in [0.25, 0.3) is 0 Å². The zero-order valence-corrected chi connectivity index (χ0v) is 12.4. The summed E-state index contributed by atoms with van der Waals surface area (Å²) >= 11 is 0. The van der Waals surface area contributed by atoms with Gasteiger partial charge in [-0.05, 0) is 46.5 Å². The van der Waals surface area contributed by atoms with Crippen LogP contribution in [0.4, 0.5) is 4.39 Å². The molecule has 1 aromatic heterocycles. The summed E-state index contributed by atoms with van der Waals surface area (Å²) in [4.78, 5) is 4.06. The number of hydrogen-bond acceptors (Lipinski definition) is 3. The highest BCUT2D eigenvalue weighted by Crippen LogP contribution is 2.26. The molecule has 0 saturated heterocycles. The van der Waals surface area contributed by atoms with E-state index in [2.05, 4.69) is 4.98 Å². The largest absolute Gasteiger partial charge is 0.393 e. The average molecular weight is 309 g/mol. The maximum absolute atomic E-state index is 13.0. The predicted molar refractivity (Wildman–Crippen MR) is 87.1 cm³/mol. The first-order chi connectivity index (χ1) is 11.2. The van der Waals surface area contributed by atoms with Gasteiger partial charge in [-0.15, -0.1) is 0 Å². The number of halogens is 1. The molecule has 1 atom stereocenters. The van der Waals surface area contributed by atoms with Crippen LogP contribution in [0.1, 0.15) is 11.8 Å². The molecular weight excluding hydrogens is 293 g/mol. The molecule has 4 heteroatoms. The first-order valence-electron chi connectivity index (χ1n) is 7.28. The fraction of sp³-hybridized carbons (Fsp3) is 0.105. The number of nitrogens with zero attached hydrogens (tertiary/aromatic N) is 1. The molecule has 0 saturated carbocycles. The number of aliphatic hydroxyl groups is 2. The molecule has 0 bridgehead atoms. The van der Waals surface area contributed by atoms with E-state index in [4.69, 9.17) is 5.11 Å². The Hall–Kier alpha value is -2.56. The Balaban J connectivity index is 1.89. The van der Waals surface area contributed by atoms with E-state index < -0.39 is 6.10 Å². The van der Waals surface area contributed by atoms with Gasteiger partial charge in [0, 0.05) is 6.20 Å². The molecule has 0 aliphatic heterocycles. The Kier molecular flexibility index (Phi) is 4.46. The summed E-state index contributed by atoms with van der Waals surface area (Å²) < 4.78 is 13.0. The molecule has 0 spiro atoms. The fourth-order valence-electron chi connectivity index (χ4n) is 2.40. The molecule has 2 N–H and O–H groups in total. The number of rotatable bonds is 4. The first-order valence-corrected chi connectivity index (χ1v) is 7.28. The van der Waals surface area contributed by atoms with Crippen molar-refractivity contribution in [2.45, 2.75) is 6.10 Å². The second kappa shape index (κ2) is 6.69. The van der Waals surface area contributed by atoms with Crippen molar-refractivity contribution in [2.75, 3.05) is 6.61 Å². The SMILES string of the molecule is OC[C@@H](O)c1cc(-c2ccc(-c3ccc(F)cc3)cc2)ccn1. The summed E-state index contributed by atoms with van der Waals surface area (Å²) in [7, 11) is 0. The zero-order valence-electron chi connectivity index (χ0n) is 12.4. The molecule has 3 nitrogen and oxygen atoms in total. The van der Waals surface area contributed by atoms with Gasteiger partial charge >= 0.3 is 0 Å². The molecule has 116 valence electrons. The molecule has 3 rings (SSSR count). The van der Waals surface area contributed by atoms with E-state index in [1.54, 1.807) is 24.4 Å². The summed E-state index contributed by atoms with van der Waals surface area (Å²) in [6.45, 7) is -0.361. The molecule has 0 aliphatic rings. The van der Waals surface area contributed by atoms with Gasteiger partial charge in [0.05, 0.1) is 12.3 Å². The van der Waals surface area contributed by atoms with Gasteiger partial charge in [-0.25, -0.2) is 4.39 Å². The predicted octanol–water partition coefficient (Wildman–Crippen LogP) is 3.58.